The van der Waals surface area contributed by atoms with Gasteiger partial charge in [0.25, 0.3) is 5.91 Å². The first kappa shape index (κ1) is 17.0. The Balaban J connectivity index is 1.58. The van der Waals surface area contributed by atoms with Gasteiger partial charge in [-0.25, -0.2) is 0 Å². The lowest BCUT2D eigenvalue weighted by Crippen LogP contribution is -2.42. The zero-order valence-corrected chi connectivity index (χ0v) is 14.2. The maximum absolute atomic E-state index is 12.8. The molecule has 1 aliphatic carbocycles. The largest absolute Gasteiger partial charge is 0.341 e. The van der Waals surface area contributed by atoms with E-state index in [-0.39, 0.29) is 23.8 Å². The molecule has 2 unspecified atom stereocenters. The highest BCUT2D eigenvalue weighted by Gasteiger charge is 2.30. The van der Waals surface area contributed by atoms with Crippen molar-refractivity contribution in [2.45, 2.75) is 38.1 Å². The van der Waals surface area contributed by atoms with Gasteiger partial charge in [0.05, 0.1) is 0 Å². The van der Waals surface area contributed by atoms with E-state index in [0.29, 0.717) is 19.6 Å². The molecule has 130 valence electrons. The fourth-order valence-corrected chi connectivity index (χ4v) is 3.81. The van der Waals surface area contributed by atoms with Crippen molar-refractivity contribution in [1.82, 2.24) is 9.80 Å². The molecule has 1 heterocycles. The monoisotopic (exact) mass is 329 g/mol. The molecule has 24 heavy (non-hydrogen) atoms. The molecule has 1 aliphatic heterocycles. The molecule has 0 bridgehead atoms. The molecule has 5 heteroatoms. The van der Waals surface area contributed by atoms with Crippen molar-refractivity contribution >= 4 is 11.8 Å². The van der Waals surface area contributed by atoms with Gasteiger partial charge in [0.15, 0.2) is 0 Å². The van der Waals surface area contributed by atoms with Crippen LogP contribution >= 0.6 is 0 Å². The molecule has 1 saturated carbocycles. The van der Waals surface area contributed by atoms with E-state index in [9.17, 15) is 9.59 Å². The fourth-order valence-electron chi connectivity index (χ4n) is 3.81. The average molecular weight is 329 g/mol. The Hall–Kier alpha value is -1.88. The average Bonchev–Trinajstić information content (AvgIpc) is 2.87. The first-order valence-corrected chi connectivity index (χ1v) is 9.04. The number of nitrogens with zero attached hydrogens (tertiary/aromatic N) is 2. The van der Waals surface area contributed by atoms with E-state index in [1.54, 1.807) is 0 Å². The number of carbonyl (C=O) groups is 2. The Morgan fingerprint density at radius 2 is 1.62 bits per heavy atom. The van der Waals surface area contributed by atoms with Crippen LogP contribution in [0.1, 0.15) is 42.5 Å². The van der Waals surface area contributed by atoms with Crippen molar-refractivity contribution in [1.29, 1.82) is 0 Å². The standard InChI is InChI=1S/C19H27N3O2/c20-17-9-4-8-16(14-17)19(24)22-11-5-10-21(12-13-22)18(23)15-6-2-1-3-7-15/h1-3,6-7,16-17H,4-5,8-14,20H2. The van der Waals surface area contributed by atoms with E-state index >= 15 is 0 Å². The first-order chi connectivity index (χ1) is 11.6. The summed E-state index contributed by atoms with van der Waals surface area (Å²) in [6.07, 6.45) is 4.67. The number of nitrogens with two attached hydrogens (primary N) is 1. The Morgan fingerprint density at radius 3 is 2.38 bits per heavy atom. The van der Waals surface area contributed by atoms with Crippen LogP contribution in [0.2, 0.25) is 0 Å². The summed E-state index contributed by atoms with van der Waals surface area (Å²) in [5.41, 5.74) is 6.74. The van der Waals surface area contributed by atoms with Crippen LogP contribution in [0, 0.1) is 5.92 Å². The summed E-state index contributed by atoms with van der Waals surface area (Å²) in [6, 6.07) is 9.53. The minimum atomic E-state index is 0.0598. The van der Waals surface area contributed by atoms with Gasteiger partial charge in [0, 0.05) is 43.7 Å². The van der Waals surface area contributed by atoms with Crippen molar-refractivity contribution in [2.24, 2.45) is 11.7 Å². The second-order valence-corrected chi connectivity index (χ2v) is 6.96. The van der Waals surface area contributed by atoms with Gasteiger partial charge in [-0.3, -0.25) is 9.59 Å². The summed E-state index contributed by atoms with van der Waals surface area (Å²) < 4.78 is 0. The Labute approximate surface area is 143 Å². The molecule has 1 saturated heterocycles. The van der Waals surface area contributed by atoms with Crippen LogP contribution in [0.15, 0.2) is 30.3 Å². The predicted octanol–water partition coefficient (Wildman–Crippen LogP) is 1.88. The number of carbonyl (C=O) groups excluding carboxylic acids is 2. The summed E-state index contributed by atoms with van der Waals surface area (Å²) in [5, 5.41) is 0. The van der Waals surface area contributed by atoms with Crippen LogP contribution in [-0.2, 0) is 4.79 Å². The van der Waals surface area contributed by atoms with Crippen LogP contribution in [0.5, 0.6) is 0 Å². The Kier molecular flexibility index (Phi) is 5.51. The highest BCUT2D eigenvalue weighted by atomic mass is 16.2. The van der Waals surface area contributed by atoms with Gasteiger partial charge >= 0.3 is 0 Å². The molecule has 3 rings (SSSR count). The zero-order valence-electron chi connectivity index (χ0n) is 14.2. The van der Waals surface area contributed by atoms with E-state index in [1.807, 2.05) is 40.1 Å². The van der Waals surface area contributed by atoms with Crippen molar-refractivity contribution < 1.29 is 9.59 Å². The molecule has 5 nitrogen and oxygen atoms in total. The molecule has 1 aromatic rings. The fraction of sp³-hybridized carbons (Fsp3) is 0.579. The zero-order chi connectivity index (χ0) is 16.9. The lowest BCUT2D eigenvalue weighted by molar-refractivity contribution is -0.136. The topological polar surface area (TPSA) is 66.6 Å². The SMILES string of the molecule is NC1CCCC(C(=O)N2CCCN(C(=O)c3ccccc3)CC2)C1. The number of amides is 2. The van der Waals surface area contributed by atoms with Crippen molar-refractivity contribution in [3.8, 4) is 0 Å². The quantitative estimate of drug-likeness (QED) is 0.901. The van der Waals surface area contributed by atoms with E-state index in [1.165, 1.54) is 0 Å². The summed E-state index contributed by atoms with van der Waals surface area (Å²) in [7, 11) is 0. The third-order valence-corrected chi connectivity index (χ3v) is 5.18. The van der Waals surface area contributed by atoms with Crippen molar-refractivity contribution in [2.75, 3.05) is 26.2 Å². The number of rotatable bonds is 2. The van der Waals surface area contributed by atoms with Gasteiger partial charge in [-0.2, -0.15) is 0 Å². The Bertz CT molecular complexity index is 575. The van der Waals surface area contributed by atoms with E-state index in [4.69, 9.17) is 5.73 Å². The molecule has 0 spiro atoms. The third kappa shape index (κ3) is 3.96. The summed E-state index contributed by atoms with van der Waals surface area (Å²) >= 11 is 0. The van der Waals surface area contributed by atoms with Crippen molar-refractivity contribution in [3.63, 3.8) is 0 Å². The minimum absolute atomic E-state index is 0.0598. The maximum atomic E-state index is 12.8. The highest BCUT2D eigenvalue weighted by molar-refractivity contribution is 5.94. The van der Waals surface area contributed by atoms with Gasteiger partial charge in [-0.05, 0) is 37.8 Å². The molecule has 0 aromatic heterocycles. The van der Waals surface area contributed by atoms with Crippen molar-refractivity contribution in [3.05, 3.63) is 35.9 Å². The van der Waals surface area contributed by atoms with E-state index in [0.717, 1.165) is 44.2 Å². The predicted molar refractivity (Wildman–Crippen MR) is 93.5 cm³/mol. The molecular weight excluding hydrogens is 302 g/mol. The van der Waals surface area contributed by atoms with Gasteiger partial charge in [-0.1, -0.05) is 24.6 Å². The lowest BCUT2D eigenvalue weighted by atomic mass is 9.85. The molecular formula is C19H27N3O2. The molecule has 0 radical (unpaired) electrons. The summed E-state index contributed by atoms with van der Waals surface area (Å²) in [5.74, 6) is 0.369. The molecule has 2 aliphatic rings. The van der Waals surface area contributed by atoms with E-state index < -0.39 is 0 Å². The molecule has 2 fully saturated rings. The van der Waals surface area contributed by atoms with Gasteiger partial charge < -0.3 is 15.5 Å². The third-order valence-electron chi connectivity index (χ3n) is 5.18. The van der Waals surface area contributed by atoms with Crippen LogP contribution in [-0.4, -0.2) is 53.8 Å². The van der Waals surface area contributed by atoms with Crippen LogP contribution in [0.25, 0.3) is 0 Å². The number of benzene rings is 1. The highest BCUT2D eigenvalue weighted by Crippen LogP contribution is 2.25. The molecule has 2 N–H and O–H groups in total. The molecule has 2 amide bonds. The summed E-state index contributed by atoms with van der Waals surface area (Å²) in [6.45, 7) is 2.69. The van der Waals surface area contributed by atoms with Crippen LogP contribution in [0.3, 0.4) is 0 Å². The number of hydrogen-bond acceptors (Lipinski definition) is 3. The minimum Gasteiger partial charge on any atom is -0.341 e. The lowest BCUT2D eigenvalue weighted by Gasteiger charge is -2.30. The van der Waals surface area contributed by atoms with E-state index in [2.05, 4.69) is 0 Å². The normalized spacial score (nSPS) is 25.2. The second-order valence-electron chi connectivity index (χ2n) is 6.96. The Morgan fingerprint density at radius 1 is 0.917 bits per heavy atom. The summed E-state index contributed by atoms with van der Waals surface area (Å²) in [4.78, 5) is 29.2. The maximum Gasteiger partial charge on any atom is 0.253 e. The second kappa shape index (κ2) is 7.79. The van der Waals surface area contributed by atoms with Crippen LogP contribution < -0.4 is 5.73 Å². The molecule has 2 atom stereocenters. The smallest absolute Gasteiger partial charge is 0.253 e. The van der Waals surface area contributed by atoms with Crippen LogP contribution in [0.4, 0.5) is 0 Å². The van der Waals surface area contributed by atoms with Gasteiger partial charge in [0.1, 0.15) is 0 Å². The van der Waals surface area contributed by atoms with Gasteiger partial charge in [0.2, 0.25) is 5.91 Å². The first-order valence-electron chi connectivity index (χ1n) is 9.04. The molecule has 1 aromatic carbocycles. The van der Waals surface area contributed by atoms with Gasteiger partial charge in [-0.15, -0.1) is 0 Å². The number of hydrogen-bond donors (Lipinski definition) is 1.